The van der Waals surface area contributed by atoms with E-state index in [9.17, 15) is 13.2 Å². The molecule has 0 aromatic heterocycles. The number of amides is 1. The van der Waals surface area contributed by atoms with Crippen LogP contribution in [-0.4, -0.2) is 50.7 Å². The summed E-state index contributed by atoms with van der Waals surface area (Å²) in [5, 5.41) is 0. The van der Waals surface area contributed by atoms with Crippen LogP contribution < -0.4 is 11.3 Å². The van der Waals surface area contributed by atoms with Gasteiger partial charge in [-0.15, -0.1) is 0 Å². The highest BCUT2D eigenvalue weighted by molar-refractivity contribution is 7.89. The van der Waals surface area contributed by atoms with E-state index in [4.69, 9.17) is 10.6 Å². The molecule has 0 bridgehead atoms. The van der Waals surface area contributed by atoms with Gasteiger partial charge in [-0.2, -0.15) is 4.31 Å². The van der Waals surface area contributed by atoms with Crippen molar-refractivity contribution in [3.05, 3.63) is 0 Å². The minimum absolute atomic E-state index is 0.261. The molecule has 3 N–H and O–H groups in total. The molecular formula is C9H19N3O4S. The molecule has 0 radical (unpaired) electrons. The monoisotopic (exact) mass is 265 g/mol. The lowest BCUT2D eigenvalue weighted by Gasteiger charge is -2.30. The molecule has 1 aliphatic heterocycles. The van der Waals surface area contributed by atoms with Gasteiger partial charge in [0.05, 0.1) is 24.4 Å². The van der Waals surface area contributed by atoms with Crippen molar-refractivity contribution in [2.45, 2.75) is 13.8 Å². The summed E-state index contributed by atoms with van der Waals surface area (Å²) in [6.45, 7) is 4.55. The summed E-state index contributed by atoms with van der Waals surface area (Å²) in [6.07, 6.45) is 0. The van der Waals surface area contributed by atoms with E-state index in [0.717, 1.165) is 0 Å². The number of ether oxygens (including phenoxy) is 1. The van der Waals surface area contributed by atoms with Crippen LogP contribution in [0, 0.1) is 5.41 Å². The Morgan fingerprint density at radius 1 is 1.41 bits per heavy atom. The summed E-state index contributed by atoms with van der Waals surface area (Å²) in [7, 11) is -3.46. The zero-order chi connectivity index (χ0) is 13.1. The average molecular weight is 265 g/mol. The third kappa shape index (κ3) is 3.63. The van der Waals surface area contributed by atoms with Crippen molar-refractivity contribution in [2.75, 3.05) is 32.1 Å². The fourth-order valence-electron chi connectivity index (χ4n) is 1.63. The van der Waals surface area contributed by atoms with Crippen molar-refractivity contribution in [3.63, 3.8) is 0 Å². The number of carbonyl (C=O) groups is 1. The van der Waals surface area contributed by atoms with E-state index in [1.54, 1.807) is 13.8 Å². The molecule has 0 spiro atoms. The van der Waals surface area contributed by atoms with Gasteiger partial charge in [0, 0.05) is 13.1 Å². The average Bonchev–Trinajstić information content (AvgIpc) is 2.27. The lowest BCUT2D eigenvalue weighted by atomic mass is 9.96. The highest BCUT2D eigenvalue weighted by Crippen LogP contribution is 2.20. The van der Waals surface area contributed by atoms with E-state index in [1.807, 2.05) is 5.43 Å². The van der Waals surface area contributed by atoms with Gasteiger partial charge in [-0.05, 0) is 13.8 Å². The molecule has 0 aromatic rings. The van der Waals surface area contributed by atoms with Crippen LogP contribution in [0.2, 0.25) is 0 Å². The first-order valence-corrected chi connectivity index (χ1v) is 6.97. The summed E-state index contributed by atoms with van der Waals surface area (Å²) in [6, 6.07) is 0. The molecule has 0 atom stereocenters. The van der Waals surface area contributed by atoms with Crippen LogP contribution in [-0.2, 0) is 19.6 Å². The van der Waals surface area contributed by atoms with Crippen LogP contribution in [0.25, 0.3) is 0 Å². The minimum Gasteiger partial charge on any atom is -0.379 e. The number of hydrogen-bond acceptors (Lipinski definition) is 5. The minimum atomic E-state index is -3.46. The maximum Gasteiger partial charge on any atom is 0.240 e. The molecule has 1 rings (SSSR count). The molecule has 0 saturated carbocycles. The maximum absolute atomic E-state index is 12.1. The number of hydrazine groups is 1. The maximum atomic E-state index is 12.1. The molecule has 0 aliphatic carbocycles. The molecular weight excluding hydrogens is 246 g/mol. The quantitative estimate of drug-likeness (QED) is 0.372. The molecule has 1 fully saturated rings. The van der Waals surface area contributed by atoms with Crippen LogP contribution in [0.1, 0.15) is 13.8 Å². The number of rotatable bonds is 4. The van der Waals surface area contributed by atoms with Gasteiger partial charge >= 0.3 is 0 Å². The van der Waals surface area contributed by atoms with Crippen LogP contribution in [0.3, 0.4) is 0 Å². The Hall–Kier alpha value is -0.700. The molecule has 7 nitrogen and oxygen atoms in total. The summed E-state index contributed by atoms with van der Waals surface area (Å²) in [5.41, 5.74) is 0.934. The summed E-state index contributed by atoms with van der Waals surface area (Å²) >= 11 is 0. The van der Waals surface area contributed by atoms with Crippen LogP contribution >= 0.6 is 0 Å². The van der Waals surface area contributed by atoms with Crippen LogP contribution in [0.5, 0.6) is 0 Å². The molecule has 17 heavy (non-hydrogen) atoms. The Kier molecular flexibility index (Phi) is 4.48. The van der Waals surface area contributed by atoms with Gasteiger partial charge in [-0.1, -0.05) is 0 Å². The Labute approximate surface area is 101 Å². The first-order valence-electron chi connectivity index (χ1n) is 5.36. The number of nitrogens with two attached hydrogens (primary N) is 1. The van der Waals surface area contributed by atoms with Gasteiger partial charge in [0.15, 0.2) is 0 Å². The number of sulfonamides is 1. The third-order valence-electron chi connectivity index (χ3n) is 2.65. The molecule has 1 aliphatic rings. The molecule has 1 amide bonds. The van der Waals surface area contributed by atoms with Gasteiger partial charge in [0.1, 0.15) is 0 Å². The van der Waals surface area contributed by atoms with Gasteiger partial charge in [0.2, 0.25) is 15.9 Å². The topological polar surface area (TPSA) is 102 Å². The second-order valence-electron chi connectivity index (χ2n) is 4.62. The summed E-state index contributed by atoms with van der Waals surface area (Å²) < 4.78 is 30.6. The second kappa shape index (κ2) is 5.30. The number of hydrogen-bond donors (Lipinski definition) is 2. The standard InChI is InChI=1S/C9H19N3O4S/c1-9(2,8(13)11-10)7-17(14,15)12-3-5-16-6-4-12/h3-7,10H2,1-2H3,(H,11,13). The second-order valence-corrected chi connectivity index (χ2v) is 6.59. The lowest BCUT2D eigenvalue weighted by Crippen LogP contribution is -2.49. The molecule has 1 heterocycles. The Balaban J connectivity index is 2.74. The third-order valence-corrected chi connectivity index (χ3v) is 4.89. The van der Waals surface area contributed by atoms with Gasteiger partial charge < -0.3 is 4.74 Å². The number of nitrogens with one attached hydrogen (secondary N) is 1. The zero-order valence-electron chi connectivity index (χ0n) is 10.1. The Morgan fingerprint density at radius 3 is 2.41 bits per heavy atom. The highest BCUT2D eigenvalue weighted by Gasteiger charge is 2.36. The van der Waals surface area contributed by atoms with Gasteiger partial charge in [-0.3, -0.25) is 10.2 Å². The van der Waals surface area contributed by atoms with E-state index in [2.05, 4.69) is 0 Å². The highest BCUT2D eigenvalue weighted by atomic mass is 32.2. The predicted octanol–water partition coefficient (Wildman–Crippen LogP) is -1.34. The molecule has 0 unspecified atom stereocenters. The first kappa shape index (κ1) is 14.4. The van der Waals surface area contributed by atoms with Crippen molar-refractivity contribution < 1.29 is 17.9 Å². The van der Waals surface area contributed by atoms with Gasteiger partial charge in [-0.25, -0.2) is 14.3 Å². The van der Waals surface area contributed by atoms with E-state index in [0.29, 0.717) is 26.3 Å². The van der Waals surface area contributed by atoms with Crippen molar-refractivity contribution in [3.8, 4) is 0 Å². The van der Waals surface area contributed by atoms with Crippen LogP contribution in [0.4, 0.5) is 0 Å². The van der Waals surface area contributed by atoms with Crippen molar-refractivity contribution in [1.82, 2.24) is 9.73 Å². The Bertz CT molecular complexity index is 374. The molecule has 100 valence electrons. The van der Waals surface area contributed by atoms with E-state index in [1.165, 1.54) is 4.31 Å². The number of nitrogens with zero attached hydrogens (tertiary/aromatic N) is 1. The number of morpholine rings is 1. The fourth-order valence-corrected chi connectivity index (χ4v) is 3.56. The molecule has 8 heteroatoms. The fraction of sp³-hybridized carbons (Fsp3) is 0.889. The predicted molar refractivity (Wildman–Crippen MR) is 62.3 cm³/mol. The smallest absolute Gasteiger partial charge is 0.240 e. The van der Waals surface area contributed by atoms with Crippen LogP contribution in [0.15, 0.2) is 0 Å². The first-order chi connectivity index (χ1) is 7.79. The largest absolute Gasteiger partial charge is 0.379 e. The molecule has 1 saturated heterocycles. The van der Waals surface area contributed by atoms with Crippen molar-refractivity contribution in [2.24, 2.45) is 11.3 Å². The van der Waals surface area contributed by atoms with Crippen molar-refractivity contribution in [1.29, 1.82) is 0 Å². The normalized spacial score (nSPS) is 19.0. The van der Waals surface area contributed by atoms with E-state index >= 15 is 0 Å². The number of carbonyl (C=O) groups excluding carboxylic acids is 1. The summed E-state index contributed by atoms with van der Waals surface area (Å²) in [5.74, 6) is 4.28. The Morgan fingerprint density at radius 2 is 1.94 bits per heavy atom. The summed E-state index contributed by atoms with van der Waals surface area (Å²) in [4.78, 5) is 11.5. The van der Waals surface area contributed by atoms with E-state index < -0.39 is 21.3 Å². The SMILES string of the molecule is CC(C)(CS(=O)(=O)N1CCOCC1)C(=O)NN. The van der Waals surface area contributed by atoms with Crippen molar-refractivity contribution >= 4 is 15.9 Å². The van der Waals surface area contributed by atoms with E-state index in [-0.39, 0.29) is 5.75 Å². The lowest BCUT2D eigenvalue weighted by molar-refractivity contribution is -0.128. The molecule has 0 aromatic carbocycles. The zero-order valence-corrected chi connectivity index (χ0v) is 10.9. The van der Waals surface area contributed by atoms with Gasteiger partial charge in [0.25, 0.3) is 0 Å².